The molecule has 1 aromatic heterocycles. The van der Waals surface area contributed by atoms with Gasteiger partial charge in [0.15, 0.2) is 5.84 Å². The number of aromatic nitrogens is 1. The molecular weight excluding hydrogens is 376 g/mol. The van der Waals surface area contributed by atoms with Gasteiger partial charge in [-0.3, -0.25) is 0 Å². The Labute approximate surface area is 126 Å². The molecule has 2 rings (SSSR count). The quantitative estimate of drug-likeness (QED) is 0.327. The molecule has 1 heterocycles. The molecular formula is C12H10Br2N4O. The highest BCUT2D eigenvalue weighted by atomic mass is 79.9. The summed E-state index contributed by atoms with van der Waals surface area (Å²) in [4.78, 5) is 4.19. The van der Waals surface area contributed by atoms with Gasteiger partial charge in [0, 0.05) is 20.7 Å². The van der Waals surface area contributed by atoms with E-state index in [9.17, 15) is 0 Å². The first kappa shape index (κ1) is 13.8. The van der Waals surface area contributed by atoms with Gasteiger partial charge in [0.25, 0.3) is 0 Å². The summed E-state index contributed by atoms with van der Waals surface area (Å²) in [7, 11) is 0. The number of rotatable bonds is 3. The molecule has 7 heteroatoms. The van der Waals surface area contributed by atoms with Crippen LogP contribution in [0.5, 0.6) is 0 Å². The molecule has 0 aliphatic heterocycles. The smallest absolute Gasteiger partial charge is 0.171 e. The summed E-state index contributed by atoms with van der Waals surface area (Å²) in [6.07, 6.45) is 1.53. The SMILES string of the molecule is NC(=NO)c1ccc(Nc2cc(Br)ccc2Br)nc1. The van der Waals surface area contributed by atoms with Crippen LogP contribution in [0.4, 0.5) is 11.5 Å². The fraction of sp³-hybridized carbons (Fsp3) is 0. The van der Waals surface area contributed by atoms with Crippen LogP contribution in [0, 0.1) is 0 Å². The maximum Gasteiger partial charge on any atom is 0.171 e. The summed E-state index contributed by atoms with van der Waals surface area (Å²) < 4.78 is 1.89. The first-order valence-electron chi connectivity index (χ1n) is 5.26. The molecule has 0 fully saturated rings. The second-order valence-corrected chi connectivity index (χ2v) is 5.44. The lowest BCUT2D eigenvalue weighted by atomic mass is 10.2. The zero-order valence-corrected chi connectivity index (χ0v) is 12.8. The number of nitrogens with two attached hydrogens (primary N) is 1. The van der Waals surface area contributed by atoms with E-state index in [0.29, 0.717) is 11.4 Å². The van der Waals surface area contributed by atoms with Crippen molar-refractivity contribution in [2.24, 2.45) is 10.9 Å². The maximum absolute atomic E-state index is 8.57. The number of anilines is 2. The van der Waals surface area contributed by atoms with Gasteiger partial charge in [-0.25, -0.2) is 4.98 Å². The third-order valence-electron chi connectivity index (χ3n) is 2.36. The largest absolute Gasteiger partial charge is 0.409 e. The number of hydrogen-bond donors (Lipinski definition) is 3. The summed E-state index contributed by atoms with van der Waals surface area (Å²) in [5, 5.41) is 14.7. The Morgan fingerprint density at radius 1 is 1.26 bits per heavy atom. The molecule has 0 atom stereocenters. The fourth-order valence-corrected chi connectivity index (χ4v) is 2.12. The van der Waals surface area contributed by atoms with Gasteiger partial charge in [0.1, 0.15) is 5.82 Å². The molecule has 1 aromatic carbocycles. The Morgan fingerprint density at radius 3 is 2.68 bits per heavy atom. The van der Waals surface area contributed by atoms with Crippen LogP contribution < -0.4 is 11.1 Å². The van der Waals surface area contributed by atoms with Crippen LogP contribution in [-0.4, -0.2) is 16.0 Å². The summed E-state index contributed by atoms with van der Waals surface area (Å²) >= 11 is 6.86. The number of hydrogen-bond acceptors (Lipinski definition) is 4. The monoisotopic (exact) mass is 384 g/mol. The topological polar surface area (TPSA) is 83.5 Å². The molecule has 0 unspecified atom stereocenters. The van der Waals surface area contributed by atoms with E-state index < -0.39 is 0 Å². The highest BCUT2D eigenvalue weighted by Crippen LogP contribution is 2.28. The molecule has 0 saturated heterocycles. The maximum atomic E-state index is 8.57. The number of halogens is 2. The molecule has 0 radical (unpaired) electrons. The Balaban J connectivity index is 2.22. The van der Waals surface area contributed by atoms with Crippen LogP contribution in [0.15, 0.2) is 50.6 Å². The molecule has 0 spiro atoms. The van der Waals surface area contributed by atoms with Crippen molar-refractivity contribution in [3.8, 4) is 0 Å². The third kappa shape index (κ3) is 3.45. The fourth-order valence-electron chi connectivity index (χ4n) is 1.41. The van der Waals surface area contributed by atoms with Crippen molar-refractivity contribution in [1.29, 1.82) is 0 Å². The highest BCUT2D eigenvalue weighted by molar-refractivity contribution is 9.11. The lowest BCUT2D eigenvalue weighted by Crippen LogP contribution is -2.13. The summed E-state index contributed by atoms with van der Waals surface area (Å²) in [5.41, 5.74) is 6.91. The van der Waals surface area contributed by atoms with Crippen molar-refractivity contribution in [2.75, 3.05) is 5.32 Å². The Bertz CT molecular complexity index is 614. The summed E-state index contributed by atoms with van der Waals surface area (Å²) in [6, 6.07) is 9.27. The number of pyridine rings is 1. The normalized spacial score (nSPS) is 11.4. The predicted octanol–water partition coefficient (Wildman–Crippen LogP) is 3.44. The van der Waals surface area contributed by atoms with E-state index in [2.05, 4.69) is 47.3 Å². The molecule has 2 aromatic rings. The number of benzene rings is 1. The van der Waals surface area contributed by atoms with Gasteiger partial charge in [0.05, 0.1) is 5.69 Å². The number of amidine groups is 1. The van der Waals surface area contributed by atoms with Crippen molar-refractivity contribution in [2.45, 2.75) is 0 Å². The molecule has 0 saturated carbocycles. The van der Waals surface area contributed by atoms with Crippen molar-refractivity contribution in [1.82, 2.24) is 4.98 Å². The molecule has 0 bridgehead atoms. The lowest BCUT2D eigenvalue weighted by molar-refractivity contribution is 0.318. The van der Waals surface area contributed by atoms with E-state index in [1.807, 2.05) is 18.2 Å². The Kier molecular flexibility index (Phi) is 4.39. The van der Waals surface area contributed by atoms with Gasteiger partial charge in [-0.2, -0.15) is 0 Å². The first-order chi connectivity index (χ1) is 9.10. The van der Waals surface area contributed by atoms with Crippen molar-refractivity contribution in [3.05, 3.63) is 51.0 Å². The van der Waals surface area contributed by atoms with Gasteiger partial charge in [0.2, 0.25) is 0 Å². The summed E-state index contributed by atoms with van der Waals surface area (Å²) in [6.45, 7) is 0. The van der Waals surface area contributed by atoms with Crippen LogP contribution in [0.3, 0.4) is 0 Å². The van der Waals surface area contributed by atoms with Crippen molar-refractivity contribution in [3.63, 3.8) is 0 Å². The average Bonchev–Trinajstić information content (AvgIpc) is 2.43. The minimum Gasteiger partial charge on any atom is -0.409 e. The predicted molar refractivity (Wildman–Crippen MR) is 81.9 cm³/mol. The minimum atomic E-state index is 0.0303. The van der Waals surface area contributed by atoms with E-state index in [0.717, 1.165) is 14.6 Å². The Morgan fingerprint density at radius 2 is 2.05 bits per heavy atom. The van der Waals surface area contributed by atoms with Crippen LogP contribution in [-0.2, 0) is 0 Å². The zero-order chi connectivity index (χ0) is 13.8. The standard InChI is InChI=1S/C12H10Br2N4O/c13-8-2-3-9(14)10(5-8)17-11-4-1-7(6-16-11)12(15)18-19/h1-6,19H,(H2,15,18)(H,16,17). The van der Waals surface area contributed by atoms with Crippen LogP contribution in [0.1, 0.15) is 5.56 Å². The Hall–Kier alpha value is -1.60. The van der Waals surface area contributed by atoms with E-state index in [-0.39, 0.29) is 5.84 Å². The van der Waals surface area contributed by atoms with Crippen molar-refractivity contribution >= 4 is 49.2 Å². The zero-order valence-electron chi connectivity index (χ0n) is 9.64. The van der Waals surface area contributed by atoms with E-state index in [1.165, 1.54) is 6.20 Å². The highest BCUT2D eigenvalue weighted by Gasteiger charge is 2.04. The molecule has 0 amide bonds. The van der Waals surface area contributed by atoms with Crippen LogP contribution in [0.2, 0.25) is 0 Å². The second-order valence-electron chi connectivity index (χ2n) is 3.67. The van der Waals surface area contributed by atoms with Crippen LogP contribution in [0.25, 0.3) is 0 Å². The van der Waals surface area contributed by atoms with Gasteiger partial charge in [-0.15, -0.1) is 0 Å². The molecule has 5 nitrogen and oxygen atoms in total. The number of oxime groups is 1. The van der Waals surface area contributed by atoms with E-state index >= 15 is 0 Å². The van der Waals surface area contributed by atoms with Gasteiger partial charge in [-0.1, -0.05) is 21.1 Å². The van der Waals surface area contributed by atoms with Gasteiger partial charge < -0.3 is 16.3 Å². The number of nitrogens with zero attached hydrogens (tertiary/aromatic N) is 2. The van der Waals surface area contributed by atoms with E-state index in [1.54, 1.807) is 12.1 Å². The van der Waals surface area contributed by atoms with Crippen molar-refractivity contribution < 1.29 is 5.21 Å². The van der Waals surface area contributed by atoms with E-state index in [4.69, 9.17) is 10.9 Å². The molecule has 19 heavy (non-hydrogen) atoms. The average molecular weight is 386 g/mol. The van der Waals surface area contributed by atoms with Gasteiger partial charge >= 0.3 is 0 Å². The second kappa shape index (κ2) is 6.03. The molecule has 98 valence electrons. The number of nitrogens with one attached hydrogen (secondary N) is 1. The molecule has 0 aliphatic rings. The molecule has 4 N–H and O–H groups in total. The molecule has 0 aliphatic carbocycles. The third-order valence-corrected chi connectivity index (χ3v) is 3.54. The summed E-state index contributed by atoms with van der Waals surface area (Å²) in [5.74, 6) is 0.691. The minimum absolute atomic E-state index is 0.0303. The first-order valence-corrected chi connectivity index (χ1v) is 6.85. The van der Waals surface area contributed by atoms with Crippen LogP contribution >= 0.6 is 31.9 Å². The lowest BCUT2D eigenvalue weighted by Gasteiger charge is -2.08. The van der Waals surface area contributed by atoms with Gasteiger partial charge in [-0.05, 0) is 46.3 Å².